The van der Waals surface area contributed by atoms with Crippen molar-refractivity contribution in [2.24, 2.45) is 11.8 Å². The van der Waals surface area contributed by atoms with Crippen LogP contribution < -0.4 is 5.56 Å². The smallest absolute Gasteiger partial charge is 0.324 e. The first-order chi connectivity index (χ1) is 14.2. The van der Waals surface area contributed by atoms with Crippen molar-refractivity contribution in [1.82, 2.24) is 8.87 Å². The normalized spacial score (nSPS) is 25.7. The molecule has 2 aliphatic rings. The second kappa shape index (κ2) is 7.29. The average molecular weight is 436 g/mol. The zero-order chi connectivity index (χ0) is 21.8. The molecule has 1 aromatic carbocycles. The molecule has 4 rings (SSSR count). The Labute approximate surface area is 172 Å². The molecule has 0 radical (unpaired) electrons. The van der Waals surface area contributed by atoms with Crippen LogP contribution in [-0.2, 0) is 26.1 Å². The predicted molar refractivity (Wildman–Crippen MR) is 105 cm³/mol. The largest absolute Gasteiger partial charge is 0.468 e. The van der Waals surface area contributed by atoms with Crippen LogP contribution in [0, 0.1) is 17.7 Å². The lowest BCUT2D eigenvalue weighted by atomic mass is 9.88. The second-order valence-corrected chi connectivity index (χ2v) is 9.50. The number of esters is 1. The molecule has 10 heteroatoms. The van der Waals surface area contributed by atoms with Crippen LogP contribution in [0.15, 0.2) is 41.2 Å². The third-order valence-electron chi connectivity index (χ3n) is 5.99. The number of benzene rings is 1. The van der Waals surface area contributed by atoms with E-state index in [9.17, 15) is 27.5 Å². The number of methoxy groups -OCH3 is 1. The quantitative estimate of drug-likeness (QED) is 0.709. The van der Waals surface area contributed by atoms with Crippen LogP contribution in [0.2, 0.25) is 0 Å². The highest BCUT2D eigenvalue weighted by molar-refractivity contribution is 7.88. The van der Waals surface area contributed by atoms with E-state index in [1.807, 2.05) is 0 Å². The minimum Gasteiger partial charge on any atom is -0.468 e. The van der Waals surface area contributed by atoms with Gasteiger partial charge in [-0.25, -0.2) is 12.8 Å². The third kappa shape index (κ3) is 3.06. The molecule has 1 fully saturated rings. The van der Waals surface area contributed by atoms with Crippen molar-refractivity contribution >= 4 is 16.0 Å². The van der Waals surface area contributed by atoms with Gasteiger partial charge in [0.05, 0.1) is 19.4 Å². The van der Waals surface area contributed by atoms with E-state index in [1.54, 1.807) is 12.1 Å². The summed E-state index contributed by atoms with van der Waals surface area (Å²) < 4.78 is 46.1. The van der Waals surface area contributed by atoms with E-state index in [4.69, 9.17) is 4.74 Å². The van der Waals surface area contributed by atoms with E-state index >= 15 is 0 Å². The maximum Gasteiger partial charge on any atom is 0.324 e. The number of aliphatic hydroxyl groups excluding tert-OH is 1. The molecular formula is C20H21FN2O6S. The number of carbonyl (C=O) groups excluding carboxylic acids is 1. The third-order valence-corrected chi connectivity index (χ3v) is 7.21. The molecule has 0 saturated carbocycles. The van der Waals surface area contributed by atoms with Gasteiger partial charge in [-0.15, -0.1) is 0 Å². The number of pyridine rings is 1. The van der Waals surface area contributed by atoms with Crippen molar-refractivity contribution < 1.29 is 27.4 Å². The van der Waals surface area contributed by atoms with Crippen molar-refractivity contribution in [2.45, 2.75) is 18.6 Å². The van der Waals surface area contributed by atoms with Gasteiger partial charge in [-0.1, -0.05) is 12.1 Å². The Morgan fingerprint density at radius 2 is 2.03 bits per heavy atom. The van der Waals surface area contributed by atoms with Gasteiger partial charge < -0.3 is 14.4 Å². The Morgan fingerprint density at radius 1 is 1.30 bits per heavy atom. The van der Waals surface area contributed by atoms with Crippen molar-refractivity contribution in [1.29, 1.82) is 0 Å². The molecule has 2 aliphatic heterocycles. The minimum atomic E-state index is -3.87. The Balaban J connectivity index is 1.87. The Morgan fingerprint density at radius 3 is 2.63 bits per heavy atom. The topological polar surface area (TPSA) is 106 Å². The van der Waals surface area contributed by atoms with Gasteiger partial charge in [-0.3, -0.25) is 9.59 Å². The van der Waals surface area contributed by atoms with Gasteiger partial charge in [-0.2, -0.15) is 4.31 Å². The summed E-state index contributed by atoms with van der Waals surface area (Å²) in [4.78, 5) is 25.5. The van der Waals surface area contributed by atoms with Crippen LogP contribution in [-0.4, -0.2) is 54.4 Å². The highest BCUT2D eigenvalue weighted by Gasteiger charge is 2.59. The number of aliphatic hydroxyl groups is 1. The maximum absolute atomic E-state index is 13.6. The number of ether oxygens (including phenoxy) is 1. The Hall–Kier alpha value is -2.56. The molecule has 0 spiro atoms. The highest BCUT2D eigenvalue weighted by Crippen LogP contribution is 2.50. The van der Waals surface area contributed by atoms with E-state index in [2.05, 4.69) is 0 Å². The van der Waals surface area contributed by atoms with E-state index in [1.165, 1.54) is 28.8 Å². The zero-order valence-electron chi connectivity index (χ0n) is 16.4. The molecule has 0 unspecified atom stereocenters. The molecule has 160 valence electrons. The number of nitrogens with zero attached hydrogens (tertiary/aromatic N) is 2. The van der Waals surface area contributed by atoms with Gasteiger partial charge in [0, 0.05) is 36.2 Å². The van der Waals surface area contributed by atoms with Crippen LogP contribution >= 0.6 is 0 Å². The standard InChI is InChI=1S/C20H21FN2O6S/c1-29-20(26)18-15(10-24)14-9-22-16(17(14)23(18)30(2,27)28)7-6-13(19(22)25)11-4-3-5-12(21)8-11/h3-8,14-15,17-18,24H,9-10H2,1-2H3/t14-,15-,17+,18-/m1/s1. The molecule has 0 amide bonds. The molecule has 8 nitrogen and oxygen atoms in total. The van der Waals surface area contributed by atoms with Gasteiger partial charge in [0.1, 0.15) is 11.9 Å². The molecule has 4 atom stereocenters. The monoisotopic (exact) mass is 436 g/mol. The first-order valence-electron chi connectivity index (χ1n) is 9.36. The predicted octanol–water partition coefficient (Wildman–Crippen LogP) is 0.751. The van der Waals surface area contributed by atoms with E-state index in [0.717, 1.165) is 17.7 Å². The Bertz CT molecular complexity index is 1180. The number of rotatable bonds is 4. The van der Waals surface area contributed by atoms with Crippen LogP contribution in [0.5, 0.6) is 0 Å². The summed E-state index contributed by atoms with van der Waals surface area (Å²) in [5, 5.41) is 9.96. The van der Waals surface area contributed by atoms with E-state index in [-0.39, 0.29) is 17.7 Å². The number of sulfonamides is 1. The maximum atomic E-state index is 13.6. The van der Waals surface area contributed by atoms with Gasteiger partial charge in [0.2, 0.25) is 10.0 Å². The number of fused-ring (bicyclic) bond motifs is 3. The van der Waals surface area contributed by atoms with Crippen molar-refractivity contribution in [3.05, 3.63) is 58.3 Å². The van der Waals surface area contributed by atoms with Crippen LogP contribution in [0.4, 0.5) is 4.39 Å². The van der Waals surface area contributed by atoms with Crippen molar-refractivity contribution in [3.8, 4) is 11.1 Å². The number of aromatic nitrogens is 1. The molecule has 2 aromatic rings. The summed E-state index contributed by atoms with van der Waals surface area (Å²) in [5.41, 5.74) is 0.750. The lowest BCUT2D eigenvalue weighted by Gasteiger charge is -2.27. The van der Waals surface area contributed by atoms with Gasteiger partial charge in [0.15, 0.2) is 0 Å². The molecular weight excluding hydrogens is 415 g/mol. The molecule has 0 aliphatic carbocycles. The highest BCUT2D eigenvalue weighted by atomic mass is 32.2. The summed E-state index contributed by atoms with van der Waals surface area (Å²) in [6.45, 7) is -0.306. The van der Waals surface area contributed by atoms with Gasteiger partial charge in [0.25, 0.3) is 5.56 Å². The number of carbonyl (C=O) groups is 1. The second-order valence-electron chi connectivity index (χ2n) is 7.61. The summed E-state index contributed by atoms with van der Waals surface area (Å²) in [6, 6.07) is 6.87. The molecule has 1 saturated heterocycles. The number of hydrogen-bond acceptors (Lipinski definition) is 6. The summed E-state index contributed by atoms with van der Waals surface area (Å²) in [5.74, 6) is -2.43. The van der Waals surface area contributed by atoms with Crippen LogP contribution in [0.25, 0.3) is 11.1 Å². The average Bonchev–Trinajstić information content (AvgIpc) is 3.22. The van der Waals surface area contributed by atoms with E-state index in [0.29, 0.717) is 11.3 Å². The molecule has 0 bridgehead atoms. The van der Waals surface area contributed by atoms with Crippen molar-refractivity contribution in [2.75, 3.05) is 20.0 Å². The summed E-state index contributed by atoms with van der Waals surface area (Å²) in [6.07, 6.45) is 0.988. The SMILES string of the molecule is COC(=O)[C@H]1[C@H](CO)[C@H]2Cn3c(ccc(-c4cccc(F)c4)c3=O)[C@H]2N1S(C)(=O)=O. The fourth-order valence-electron chi connectivity index (χ4n) is 4.78. The first-order valence-corrected chi connectivity index (χ1v) is 11.2. The van der Waals surface area contributed by atoms with Gasteiger partial charge in [-0.05, 0) is 29.8 Å². The van der Waals surface area contributed by atoms with Crippen molar-refractivity contribution in [3.63, 3.8) is 0 Å². The number of halogens is 1. The zero-order valence-corrected chi connectivity index (χ0v) is 17.2. The molecule has 1 aromatic heterocycles. The van der Waals surface area contributed by atoms with Crippen LogP contribution in [0.3, 0.4) is 0 Å². The molecule has 3 heterocycles. The molecule has 30 heavy (non-hydrogen) atoms. The lowest BCUT2D eigenvalue weighted by molar-refractivity contribution is -0.146. The summed E-state index contributed by atoms with van der Waals surface area (Å²) >= 11 is 0. The minimum absolute atomic E-state index is 0.132. The fourth-order valence-corrected chi connectivity index (χ4v) is 6.11. The number of hydrogen-bond donors (Lipinski definition) is 1. The van der Waals surface area contributed by atoms with E-state index < -0.39 is 52.3 Å². The summed E-state index contributed by atoms with van der Waals surface area (Å²) in [7, 11) is -2.71. The molecule has 1 N–H and O–H groups in total. The first kappa shape index (κ1) is 20.7. The van der Waals surface area contributed by atoms with Crippen LogP contribution in [0.1, 0.15) is 11.7 Å². The fraction of sp³-hybridized carbons (Fsp3) is 0.400. The van der Waals surface area contributed by atoms with Gasteiger partial charge >= 0.3 is 5.97 Å². The Kier molecular flexibility index (Phi) is 5.03. The lowest BCUT2D eigenvalue weighted by Crippen LogP contribution is -2.46.